The molecule has 0 aliphatic carbocycles. The highest BCUT2D eigenvalue weighted by molar-refractivity contribution is 5.96. The number of aryl methyl sites for hydroxylation is 1. The third kappa shape index (κ3) is 5.42. The van der Waals surface area contributed by atoms with Gasteiger partial charge in [0.15, 0.2) is 0 Å². The summed E-state index contributed by atoms with van der Waals surface area (Å²) in [6.45, 7) is 5.93. The standard InChI is InChI=1S/C23H28N4O5/c1-16-6-4-5-7-18(16)14-22(28)26-12-10-25(11-13-26)17(2)23(29)24-20-9-8-19(32-3)15-21(20)27(30)31/h4-9,15,17H,10-14H2,1-3H3,(H,24,29). The van der Waals surface area contributed by atoms with E-state index in [1.807, 2.05) is 41.0 Å². The molecule has 2 amide bonds. The minimum absolute atomic E-state index is 0.0740. The molecule has 9 nitrogen and oxygen atoms in total. The molecule has 3 rings (SSSR count). The average molecular weight is 441 g/mol. The number of ether oxygens (including phenoxy) is 1. The Balaban J connectivity index is 1.56. The first-order valence-electron chi connectivity index (χ1n) is 10.5. The van der Waals surface area contributed by atoms with Crippen LogP contribution >= 0.6 is 0 Å². The molecule has 1 N–H and O–H groups in total. The minimum Gasteiger partial charge on any atom is -0.496 e. The van der Waals surface area contributed by atoms with E-state index in [1.54, 1.807) is 13.0 Å². The number of amides is 2. The van der Waals surface area contributed by atoms with Crippen LogP contribution in [0, 0.1) is 17.0 Å². The molecule has 0 radical (unpaired) electrons. The number of carbonyl (C=O) groups is 2. The number of benzene rings is 2. The fraction of sp³-hybridized carbons (Fsp3) is 0.391. The van der Waals surface area contributed by atoms with Gasteiger partial charge in [-0.3, -0.25) is 24.6 Å². The molecule has 0 bridgehead atoms. The van der Waals surface area contributed by atoms with E-state index < -0.39 is 11.0 Å². The first-order valence-corrected chi connectivity index (χ1v) is 10.5. The van der Waals surface area contributed by atoms with Crippen LogP contribution in [-0.4, -0.2) is 65.9 Å². The van der Waals surface area contributed by atoms with Crippen LogP contribution < -0.4 is 10.1 Å². The molecular weight excluding hydrogens is 412 g/mol. The topological polar surface area (TPSA) is 105 Å². The zero-order chi connectivity index (χ0) is 23.3. The Hall–Kier alpha value is -3.46. The van der Waals surface area contributed by atoms with Crippen molar-refractivity contribution in [3.63, 3.8) is 0 Å². The number of hydrogen-bond acceptors (Lipinski definition) is 6. The van der Waals surface area contributed by atoms with Crippen LogP contribution in [0.2, 0.25) is 0 Å². The number of carbonyl (C=O) groups excluding carboxylic acids is 2. The number of rotatable bonds is 7. The highest BCUT2D eigenvalue weighted by Crippen LogP contribution is 2.29. The minimum atomic E-state index is -0.554. The normalized spacial score (nSPS) is 15.2. The van der Waals surface area contributed by atoms with Gasteiger partial charge < -0.3 is 15.0 Å². The zero-order valence-electron chi connectivity index (χ0n) is 18.5. The lowest BCUT2D eigenvalue weighted by molar-refractivity contribution is -0.384. The second-order valence-corrected chi connectivity index (χ2v) is 7.83. The summed E-state index contributed by atoms with van der Waals surface area (Å²) < 4.78 is 5.02. The van der Waals surface area contributed by atoms with Crippen molar-refractivity contribution in [2.75, 3.05) is 38.6 Å². The van der Waals surface area contributed by atoms with E-state index in [1.165, 1.54) is 19.2 Å². The van der Waals surface area contributed by atoms with Gasteiger partial charge in [-0.1, -0.05) is 24.3 Å². The Morgan fingerprint density at radius 2 is 1.84 bits per heavy atom. The molecule has 9 heteroatoms. The van der Waals surface area contributed by atoms with Crippen molar-refractivity contribution in [3.8, 4) is 5.75 Å². The van der Waals surface area contributed by atoms with Gasteiger partial charge in [0.1, 0.15) is 11.4 Å². The van der Waals surface area contributed by atoms with E-state index in [9.17, 15) is 19.7 Å². The summed E-state index contributed by atoms with van der Waals surface area (Å²) in [7, 11) is 1.42. The summed E-state index contributed by atoms with van der Waals surface area (Å²) in [6.07, 6.45) is 0.365. The predicted octanol–water partition coefficient (Wildman–Crippen LogP) is 2.63. The third-order valence-electron chi connectivity index (χ3n) is 5.86. The summed E-state index contributed by atoms with van der Waals surface area (Å²) in [5, 5.41) is 14.0. The molecule has 1 aliphatic heterocycles. The summed E-state index contributed by atoms with van der Waals surface area (Å²) in [4.78, 5) is 40.0. The summed E-state index contributed by atoms with van der Waals surface area (Å²) >= 11 is 0. The Kier molecular flexibility index (Phi) is 7.42. The quantitative estimate of drug-likeness (QED) is 0.524. The maximum atomic E-state index is 12.7. The molecule has 2 aromatic carbocycles. The van der Waals surface area contributed by atoms with Crippen LogP contribution in [0.25, 0.3) is 0 Å². The van der Waals surface area contributed by atoms with Crippen molar-refractivity contribution in [2.24, 2.45) is 0 Å². The fourth-order valence-corrected chi connectivity index (χ4v) is 3.74. The number of piperazine rings is 1. The van der Waals surface area contributed by atoms with Gasteiger partial charge in [0.25, 0.3) is 5.69 Å². The van der Waals surface area contributed by atoms with Crippen molar-refractivity contribution in [1.29, 1.82) is 0 Å². The van der Waals surface area contributed by atoms with E-state index in [0.717, 1.165) is 11.1 Å². The zero-order valence-corrected chi connectivity index (χ0v) is 18.5. The van der Waals surface area contributed by atoms with Crippen LogP contribution in [0.3, 0.4) is 0 Å². The van der Waals surface area contributed by atoms with Gasteiger partial charge in [0.2, 0.25) is 11.8 Å². The van der Waals surface area contributed by atoms with Crippen molar-refractivity contribution >= 4 is 23.2 Å². The van der Waals surface area contributed by atoms with Crippen LogP contribution in [0.1, 0.15) is 18.1 Å². The van der Waals surface area contributed by atoms with Crippen LogP contribution in [-0.2, 0) is 16.0 Å². The van der Waals surface area contributed by atoms with Crippen molar-refractivity contribution in [2.45, 2.75) is 26.3 Å². The van der Waals surface area contributed by atoms with E-state index in [2.05, 4.69) is 5.32 Å². The number of nitrogens with one attached hydrogen (secondary N) is 1. The number of nitro groups is 1. The van der Waals surface area contributed by atoms with Crippen LogP contribution in [0.5, 0.6) is 5.75 Å². The maximum absolute atomic E-state index is 12.7. The highest BCUT2D eigenvalue weighted by atomic mass is 16.6. The Bertz CT molecular complexity index is 1000. The lowest BCUT2D eigenvalue weighted by Gasteiger charge is -2.37. The second-order valence-electron chi connectivity index (χ2n) is 7.83. The SMILES string of the molecule is COc1ccc(NC(=O)C(C)N2CCN(C(=O)Cc3ccccc3C)CC2)c([N+](=O)[O-])c1. The van der Waals surface area contributed by atoms with Gasteiger partial charge in [-0.15, -0.1) is 0 Å². The molecule has 2 aromatic rings. The number of anilines is 1. The van der Waals surface area contributed by atoms with Crippen molar-refractivity contribution in [3.05, 3.63) is 63.7 Å². The highest BCUT2D eigenvalue weighted by Gasteiger charge is 2.29. The number of hydrogen-bond donors (Lipinski definition) is 1. The van der Waals surface area contributed by atoms with Gasteiger partial charge in [0, 0.05) is 26.2 Å². The smallest absolute Gasteiger partial charge is 0.296 e. The largest absolute Gasteiger partial charge is 0.496 e. The van der Waals surface area contributed by atoms with Gasteiger partial charge >= 0.3 is 0 Å². The van der Waals surface area contributed by atoms with Gasteiger partial charge in [-0.2, -0.15) is 0 Å². The molecule has 170 valence electrons. The molecule has 0 saturated carbocycles. The Labute approximate surface area is 187 Å². The predicted molar refractivity (Wildman–Crippen MR) is 121 cm³/mol. The van der Waals surface area contributed by atoms with E-state index in [-0.39, 0.29) is 23.2 Å². The number of methoxy groups -OCH3 is 1. The molecule has 1 fully saturated rings. The maximum Gasteiger partial charge on any atom is 0.296 e. The summed E-state index contributed by atoms with van der Waals surface area (Å²) in [5.41, 5.74) is 2.02. The lowest BCUT2D eigenvalue weighted by Crippen LogP contribution is -2.54. The van der Waals surface area contributed by atoms with Gasteiger partial charge in [-0.25, -0.2) is 0 Å². The van der Waals surface area contributed by atoms with Crippen molar-refractivity contribution < 1.29 is 19.2 Å². The first kappa shape index (κ1) is 23.2. The molecule has 1 atom stereocenters. The second kappa shape index (κ2) is 10.2. The van der Waals surface area contributed by atoms with E-state index in [0.29, 0.717) is 38.3 Å². The van der Waals surface area contributed by atoms with Crippen LogP contribution in [0.4, 0.5) is 11.4 Å². The molecule has 1 heterocycles. The molecule has 0 aromatic heterocycles. The third-order valence-corrected chi connectivity index (χ3v) is 5.86. The molecule has 32 heavy (non-hydrogen) atoms. The van der Waals surface area contributed by atoms with Gasteiger partial charge in [0.05, 0.1) is 30.6 Å². The summed E-state index contributed by atoms with van der Waals surface area (Å²) in [5.74, 6) is 0.0806. The number of nitrogens with zero attached hydrogens (tertiary/aromatic N) is 3. The first-order chi connectivity index (χ1) is 15.3. The monoisotopic (exact) mass is 440 g/mol. The molecule has 1 aliphatic rings. The molecule has 1 saturated heterocycles. The lowest BCUT2D eigenvalue weighted by atomic mass is 10.0. The Morgan fingerprint density at radius 3 is 2.47 bits per heavy atom. The van der Waals surface area contributed by atoms with E-state index in [4.69, 9.17) is 4.74 Å². The number of nitro benzene ring substituents is 1. The Morgan fingerprint density at radius 1 is 1.16 bits per heavy atom. The average Bonchev–Trinajstić information content (AvgIpc) is 2.80. The molecular formula is C23H28N4O5. The fourth-order valence-electron chi connectivity index (χ4n) is 3.74. The molecule has 0 spiro atoms. The van der Waals surface area contributed by atoms with Crippen molar-refractivity contribution in [1.82, 2.24) is 9.80 Å². The van der Waals surface area contributed by atoms with E-state index >= 15 is 0 Å². The molecule has 1 unspecified atom stereocenters. The van der Waals surface area contributed by atoms with Gasteiger partial charge in [-0.05, 0) is 37.1 Å². The summed E-state index contributed by atoms with van der Waals surface area (Å²) in [6, 6.07) is 11.7. The van der Waals surface area contributed by atoms with Crippen LogP contribution in [0.15, 0.2) is 42.5 Å².